The molecular weight excluding hydrogens is 346 g/mol. The lowest BCUT2D eigenvalue weighted by Gasteiger charge is -2.14. The van der Waals surface area contributed by atoms with Crippen LogP contribution in [0, 0.1) is 0 Å². The number of ether oxygens (including phenoxy) is 1. The Labute approximate surface area is 145 Å². The zero-order chi connectivity index (χ0) is 17.9. The molecule has 1 aliphatic rings. The minimum Gasteiger partial charge on any atom is -0.376 e. The Kier molecular flexibility index (Phi) is 5.09. The van der Waals surface area contributed by atoms with E-state index in [0.29, 0.717) is 18.8 Å². The summed E-state index contributed by atoms with van der Waals surface area (Å²) in [5.74, 6) is -0.433. The zero-order valence-electron chi connectivity index (χ0n) is 13.7. The third-order valence-corrected chi connectivity index (χ3v) is 5.86. The molecule has 2 atom stereocenters. The van der Waals surface area contributed by atoms with E-state index in [1.807, 2.05) is 0 Å². The van der Waals surface area contributed by atoms with Gasteiger partial charge in [0, 0.05) is 19.3 Å². The quantitative estimate of drug-likeness (QED) is 0.755. The Morgan fingerprint density at radius 3 is 3.00 bits per heavy atom. The number of aromatic nitrogens is 4. The van der Waals surface area contributed by atoms with Crippen molar-refractivity contribution in [2.75, 3.05) is 13.2 Å². The first-order valence-electron chi connectivity index (χ1n) is 7.95. The van der Waals surface area contributed by atoms with Crippen molar-refractivity contribution in [2.24, 2.45) is 0 Å². The third kappa shape index (κ3) is 3.85. The first kappa shape index (κ1) is 17.5. The minimum atomic E-state index is -3.98. The van der Waals surface area contributed by atoms with Crippen molar-refractivity contribution in [3.8, 4) is 11.5 Å². The lowest BCUT2D eigenvalue weighted by Crippen LogP contribution is -2.41. The maximum absolute atomic E-state index is 12.6. The van der Waals surface area contributed by atoms with Gasteiger partial charge in [-0.15, -0.1) is 0 Å². The van der Waals surface area contributed by atoms with Crippen molar-refractivity contribution in [3.63, 3.8) is 0 Å². The van der Waals surface area contributed by atoms with Gasteiger partial charge in [-0.1, -0.05) is 6.07 Å². The Balaban J connectivity index is 1.70. The fourth-order valence-electron chi connectivity index (χ4n) is 2.46. The molecule has 0 radical (unpaired) electrons. The van der Waals surface area contributed by atoms with E-state index in [1.165, 1.54) is 6.92 Å². The molecule has 0 bridgehead atoms. The van der Waals surface area contributed by atoms with Crippen LogP contribution in [0.2, 0.25) is 0 Å². The van der Waals surface area contributed by atoms with Crippen LogP contribution in [-0.2, 0) is 19.4 Å². The first-order valence-corrected chi connectivity index (χ1v) is 9.50. The molecule has 25 heavy (non-hydrogen) atoms. The monoisotopic (exact) mass is 365 g/mol. The number of nitrogens with zero attached hydrogens (tertiary/aromatic N) is 3. The van der Waals surface area contributed by atoms with Gasteiger partial charge in [-0.05, 0) is 31.9 Å². The van der Waals surface area contributed by atoms with E-state index in [9.17, 15) is 13.2 Å². The number of nitrogens with one attached hydrogen (secondary N) is 2. The summed E-state index contributed by atoms with van der Waals surface area (Å²) >= 11 is 0. The number of sulfone groups is 1. The third-order valence-electron chi connectivity index (χ3n) is 3.99. The lowest BCUT2D eigenvalue weighted by molar-refractivity contribution is -0.120. The number of pyridine rings is 1. The van der Waals surface area contributed by atoms with Crippen molar-refractivity contribution < 1.29 is 17.9 Å². The largest absolute Gasteiger partial charge is 0.376 e. The van der Waals surface area contributed by atoms with Crippen LogP contribution in [0.25, 0.3) is 11.5 Å². The van der Waals surface area contributed by atoms with Gasteiger partial charge in [-0.3, -0.25) is 9.78 Å². The molecule has 0 unspecified atom stereocenters. The molecule has 1 aliphatic heterocycles. The van der Waals surface area contributed by atoms with E-state index in [0.717, 1.165) is 12.8 Å². The maximum atomic E-state index is 12.6. The number of hydrogen-bond acceptors (Lipinski definition) is 7. The molecule has 2 N–H and O–H groups in total. The summed E-state index contributed by atoms with van der Waals surface area (Å²) in [6.45, 7) is 2.29. The molecule has 2 aromatic heterocycles. The fourth-order valence-corrected chi connectivity index (χ4v) is 3.54. The van der Waals surface area contributed by atoms with Crippen LogP contribution >= 0.6 is 0 Å². The molecule has 0 spiro atoms. The van der Waals surface area contributed by atoms with Crippen LogP contribution < -0.4 is 5.32 Å². The molecule has 10 heteroatoms. The average molecular weight is 365 g/mol. The maximum Gasteiger partial charge on any atom is 0.244 e. The number of hydrogen-bond donors (Lipinski definition) is 2. The highest BCUT2D eigenvalue weighted by molar-refractivity contribution is 7.92. The molecule has 9 nitrogen and oxygen atoms in total. The van der Waals surface area contributed by atoms with E-state index in [4.69, 9.17) is 4.74 Å². The Bertz CT molecular complexity index is 831. The summed E-state index contributed by atoms with van der Waals surface area (Å²) in [6.07, 6.45) is 3.31. The Morgan fingerprint density at radius 2 is 2.32 bits per heavy atom. The number of rotatable bonds is 6. The normalized spacial score (nSPS) is 18.8. The van der Waals surface area contributed by atoms with Gasteiger partial charge in [0.15, 0.2) is 0 Å². The molecule has 1 saturated heterocycles. The van der Waals surface area contributed by atoms with E-state index in [-0.39, 0.29) is 17.1 Å². The van der Waals surface area contributed by atoms with Crippen molar-refractivity contribution in [1.29, 1.82) is 0 Å². The Morgan fingerprint density at radius 1 is 1.48 bits per heavy atom. The van der Waals surface area contributed by atoms with Crippen LogP contribution in [0.15, 0.2) is 29.6 Å². The van der Waals surface area contributed by atoms with E-state index < -0.39 is 21.0 Å². The summed E-state index contributed by atoms with van der Waals surface area (Å²) in [5.41, 5.74) is 0.440. The summed E-state index contributed by atoms with van der Waals surface area (Å²) in [6, 6.07) is 5.14. The highest BCUT2D eigenvalue weighted by Crippen LogP contribution is 2.17. The lowest BCUT2D eigenvalue weighted by atomic mass is 10.2. The van der Waals surface area contributed by atoms with Crippen LogP contribution in [0.4, 0.5) is 0 Å². The summed E-state index contributed by atoms with van der Waals surface area (Å²) in [7, 11) is -3.98. The molecule has 3 heterocycles. The molecule has 2 aromatic rings. The zero-order valence-corrected chi connectivity index (χ0v) is 14.5. The SMILES string of the molecule is C[C@@H](C(=O)NC[C@@H]1CCCO1)S(=O)(=O)c1nc(-c2ccccn2)n[nH]1. The molecule has 0 saturated carbocycles. The number of amides is 1. The van der Waals surface area contributed by atoms with Crippen LogP contribution in [0.1, 0.15) is 19.8 Å². The van der Waals surface area contributed by atoms with Gasteiger partial charge >= 0.3 is 0 Å². The molecule has 1 fully saturated rings. The number of H-pyrrole nitrogens is 1. The average Bonchev–Trinajstić information content (AvgIpc) is 3.31. The molecular formula is C15H19N5O4S. The van der Waals surface area contributed by atoms with Crippen molar-refractivity contribution in [2.45, 2.75) is 36.3 Å². The second kappa shape index (κ2) is 7.28. The van der Waals surface area contributed by atoms with Gasteiger partial charge in [0.2, 0.25) is 26.7 Å². The standard InChI is InChI=1S/C15H19N5O4S/c1-10(14(21)17-9-11-5-4-8-24-11)25(22,23)15-18-13(19-20-15)12-6-2-3-7-16-12/h2-3,6-7,10-11H,4-5,8-9H2,1H3,(H,17,21)(H,18,19,20)/t10-,11-/m0/s1. The van der Waals surface area contributed by atoms with Crippen LogP contribution in [-0.4, -0.2) is 59.0 Å². The number of carbonyl (C=O) groups excluding carboxylic acids is 1. The molecule has 3 rings (SSSR count). The van der Waals surface area contributed by atoms with Gasteiger partial charge in [-0.25, -0.2) is 13.5 Å². The predicted octanol–water partition coefficient (Wildman–Crippen LogP) is 0.324. The van der Waals surface area contributed by atoms with Crippen molar-refractivity contribution >= 4 is 15.7 Å². The summed E-state index contributed by atoms with van der Waals surface area (Å²) < 4.78 is 30.5. The Hall–Kier alpha value is -2.33. The minimum absolute atomic E-state index is 0.0557. The van der Waals surface area contributed by atoms with E-state index in [1.54, 1.807) is 24.4 Å². The van der Waals surface area contributed by atoms with Crippen LogP contribution in [0.5, 0.6) is 0 Å². The highest BCUT2D eigenvalue weighted by atomic mass is 32.2. The van der Waals surface area contributed by atoms with Gasteiger partial charge in [0.05, 0.1) is 6.10 Å². The second-order valence-electron chi connectivity index (χ2n) is 5.75. The molecule has 0 aliphatic carbocycles. The molecule has 0 aromatic carbocycles. The molecule has 134 valence electrons. The van der Waals surface area contributed by atoms with E-state index in [2.05, 4.69) is 25.5 Å². The predicted molar refractivity (Wildman–Crippen MR) is 88.2 cm³/mol. The van der Waals surface area contributed by atoms with Gasteiger partial charge in [0.25, 0.3) is 0 Å². The van der Waals surface area contributed by atoms with Crippen LogP contribution in [0.3, 0.4) is 0 Å². The fraction of sp³-hybridized carbons (Fsp3) is 0.467. The summed E-state index contributed by atoms with van der Waals surface area (Å²) in [4.78, 5) is 20.2. The summed E-state index contributed by atoms with van der Waals surface area (Å²) in [5, 5.41) is 7.23. The first-order chi connectivity index (χ1) is 12.0. The van der Waals surface area contributed by atoms with Crippen molar-refractivity contribution in [1.82, 2.24) is 25.5 Å². The number of carbonyl (C=O) groups is 1. The van der Waals surface area contributed by atoms with Gasteiger partial charge < -0.3 is 10.1 Å². The van der Waals surface area contributed by atoms with Crippen molar-refractivity contribution in [3.05, 3.63) is 24.4 Å². The van der Waals surface area contributed by atoms with Gasteiger partial charge in [0.1, 0.15) is 10.9 Å². The van der Waals surface area contributed by atoms with Gasteiger partial charge in [-0.2, -0.15) is 10.1 Å². The smallest absolute Gasteiger partial charge is 0.244 e. The molecule has 1 amide bonds. The van der Waals surface area contributed by atoms with E-state index >= 15 is 0 Å². The highest BCUT2D eigenvalue weighted by Gasteiger charge is 2.33. The second-order valence-corrected chi connectivity index (χ2v) is 7.93. The topological polar surface area (TPSA) is 127 Å². The number of aromatic amines is 1.